The molecule has 100 valence electrons. The van der Waals surface area contributed by atoms with E-state index in [1.54, 1.807) is 0 Å². The Morgan fingerprint density at radius 3 is 3.17 bits per heavy atom. The second kappa shape index (κ2) is 7.39. The van der Waals surface area contributed by atoms with Gasteiger partial charge in [0.25, 0.3) is 0 Å². The molecule has 3 heteroatoms. The fraction of sp³-hybridized carbons (Fsp3) is 0.600. The molecule has 0 aromatic heterocycles. The van der Waals surface area contributed by atoms with Crippen LogP contribution in [-0.2, 0) is 6.54 Å². The van der Waals surface area contributed by atoms with Crippen LogP contribution in [0.15, 0.2) is 24.3 Å². The van der Waals surface area contributed by atoms with Gasteiger partial charge < -0.3 is 15.4 Å². The summed E-state index contributed by atoms with van der Waals surface area (Å²) in [6.45, 7) is 7.12. The summed E-state index contributed by atoms with van der Waals surface area (Å²) in [6.07, 6.45) is 2.66. The van der Waals surface area contributed by atoms with Gasteiger partial charge in [0.2, 0.25) is 0 Å². The van der Waals surface area contributed by atoms with Gasteiger partial charge in [-0.15, -0.1) is 0 Å². The molecular weight excluding hydrogens is 224 g/mol. The minimum Gasteiger partial charge on any atom is -0.494 e. The molecule has 18 heavy (non-hydrogen) atoms. The zero-order valence-electron chi connectivity index (χ0n) is 11.2. The van der Waals surface area contributed by atoms with Crippen LogP contribution in [0, 0.1) is 5.92 Å². The molecule has 1 aromatic carbocycles. The maximum atomic E-state index is 5.51. The Bertz CT molecular complexity index is 348. The lowest BCUT2D eigenvalue weighted by molar-refractivity contribution is 0.339. The van der Waals surface area contributed by atoms with Crippen LogP contribution in [0.2, 0.25) is 0 Å². The van der Waals surface area contributed by atoms with E-state index in [1.165, 1.54) is 24.9 Å². The molecule has 1 aliphatic heterocycles. The molecule has 1 aromatic rings. The third-order valence-electron chi connectivity index (χ3n) is 3.37. The number of nitrogens with one attached hydrogen (secondary N) is 2. The molecule has 0 aliphatic carbocycles. The summed E-state index contributed by atoms with van der Waals surface area (Å²) in [4.78, 5) is 0. The minimum absolute atomic E-state index is 0.727. The van der Waals surface area contributed by atoms with Gasteiger partial charge in [0.05, 0.1) is 6.61 Å². The number of hydrogen-bond acceptors (Lipinski definition) is 3. The first-order valence-electron chi connectivity index (χ1n) is 7.01. The van der Waals surface area contributed by atoms with Crippen LogP contribution in [0.3, 0.4) is 0 Å². The Morgan fingerprint density at radius 1 is 1.44 bits per heavy atom. The van der Waals surface area contributed by atoms with E-state index >= 15 is 0 Å². The molecule has 0 spiro atoms. The van der Waals surface area contributed by atoms with Gasteiger partial charge in [0.1, 0.15) is 5.75 Å². The highest BCUT2D eigenvalue weighted by atomic mass is 16.5. The fourth-order valence-electron chi connectivity index (χ4n) is 2.43. The Hall–Kier alpha value is -1.06. The molecule has 0 amide bonds. The molecule has 2 N–H and O–H groups in total. The van der Waals surface area contributed by atoms with E-state index in [1.807, 2.05) is 13.0 Å². The molecule has 1 unspecified atom stereocenters. The molecule has 1 atom stereocenters. The predicted molar refractivity (Wildman–Crippen MR) is 74.9 cm³/mol. The first-order chi connectivity index (χ1) is 8.88. The van der Waals surface area contributed by atoms with Crippen molar-refractivity contribution in [1.29, 1.82) is 0 Å². The van der Waals surface area contributed by atoms with E-state index in [0.29, 0.717) is 0 Å². The van der Waals surface area contributed by atoms with Crippen molar-refractivity contribution in [2.45, 2.75) is 26.3 Å². The van der Waals surface area contributed by atoms with Gasteiger partial charge in [-0.1, -0.05) is 12.1 Å². The molecule has 3 nitrogen and oxygen atoms in total. The van der Waals surface area contributed by atoms with Gasteiger partial charge in [-0.2, -0.15) is 0 Å². The molecule has 1 saturated heterocycles. The fourth-order valence-corrected chi connectivity index (χ4v) is 2.43. The third-order valence-corrected chi connectivity index (χ3v) is 3.37. The standard InChI is InChI=1S/C15H24N2O/c1-2-18-15-7-3-5-13(9-15)10-17-12-14-6-4-8-16-11-14/h3,5,7,9,14,16-17H,2,4,6,8,10-12H2,1H3. The van der Waals surface area contributed by atoms with E-state index < -0.39 is 0 Å². The van der Waals surface area contributed by atoms with Gasteiger partial charge in [-0.3, -0.25) is 0 Å². The number of hydrogen-bond donors (Lipinski definition) is 2. The van der Waals surface area contributed by atoms with E-state index in [4.69, 9.17) is 4.74 Å². The zero-order valence-corrected chi connectivity index (χ0v) is 11.2. The van der Waals surface area contributed by atoms with Gasteiger partial charge in [0, 0.05) is 6.54 Å². The summed E-state index contributed by atoms with van der Waals surface area (Å²) in [5, 5.41) is 6.99. The highest BCUT2D eigenvalue weighted by molar-refractivity contribution is 5.28. The monoisotopic (exact) mass is 248 g/mol. The number of benzene rings is 1. The van der Waals surface area contributed by atoms with E-state index in [0.717, 1.165) is 37.9 Å². The van der Waals surface area contributed by atoms with Crippen molar-refractivity contribution < 1.29 is 4.74 Å². The summed E-state index contributed by atoms with van der Waals surface area (Å²) in [7, 11) is 0. The Labute approximate surface area is 110 Å². The van der Waals surface area contributed by atoms with Gasteiger partial charge in [-0.05, 0) is 63.0 Å². The van der Waals surface area contributed by atoms with E-state index in [2.05, 4.69) is 28.8 Å². The second-order valence-corrected chi connectivity index (χ2v) is 4.92. The number of rotatable bonds is 6. The average Bonchev–Trinajstić information content (AvgIpc) is 2.41. The summed E-state index contributed by atoms with van der Waals surface area (Å²) in [5.74, 6) is 1.75. The smallest absolute Gasteiger partial charge is 0.119 e. The van der Waals surface area contributed by atoms with Crippen molar-refractivity contribution in [3.05, 3.63) is 29.8 Å². The van der Waals surface area contributed by atoms with Crippen LogP contribution in [0.25, 0.3) is 0 Å². The van der Waals surface area contributed by atoms with Crippen molar-refractivity contribution in [3.8, 4) is 5.75 Å². The van der Waals surface area contributed by atoms with Crippen LogP contribution < -0.4 is 15.4 Å². The first-order valence-corrected chi connectivity index (χ1v) is 7.01. The molecule has 1 aliphatic rings. The topological polar surface area (TPSA) is 33.3 Å². The van der Waals surface area contributed by atoms with Gasteiger partial charge in [-0.25, -0.2) is 0 Å². The Balaban J connectivity index is 1.73. The lowest BCUT2D eigenvalue weighted by Gasteiger charge is -2.23. The normalized spacial score (nSPS) is 19.7. The predicted octanol–water partition coefficient (Wildman–Crippen LogP) is 2.17. The van der Waals surface area contributed by atoms with Crippen molar-refractivity contribution in [2.75, 3.05) is 26.2 Å². The van der Waals surface area contributed by atoms with Crippen LogP contribution in [0.5, 0.6) is 5.75 Å². The largest absolute Gasteiger partial charge is 0.494 e. The van der Waals surface area contributed by atoms with Gasteiger partial charge >= 0.3 is 0 Å². The van der Waals surface area contributed by atoms with Crippen molar-refractivity contribution >= 4 is 0 Å². The molecule has 1 fully saturated rings. The summed E-state index contributed by atoms with van der Waals surface area (Å²) >= 11 is 0. The summed E-state index contributed by atoms with van der Waals surface area (Å²) < 4.78 is 5.51. The lowest BCUT2D eigenvalue weighted by atomic mass is 10.00. The van der Waals surface area contributed by atoms with Crippen molar-refractivity contribution in [1.82, 2.24) is 10.6 Å². The minimum atomic E-state index is 0.727. The summed E-state index contributed by atoms with van der Waals surface area (Å²) in [5.41, 5.74) is 1.30. The number of ether oxygens (including phenoxy) is 1. The zero-order chi connectivity index (χ0) is 12.6. The highest BCUT2D eigenvalue weighted by Crippen LogP contribution is 2.13. The SMILES string of the molecule is CCOc1cccc(CNCC2CCCNC2)c1. The number of piperidine rings is 1. The van der Waals surface area contributed by atoms with Crippen LogP contribution in [0.1, 0.15) is 25.3 Å². The Kier molecular flexibility index (Phi) is 5.49. The van der Waals surface area contributed by atoms with Crippen LogP contribution in [0.4, 0.5) is 0 Å². The third kappa shape index (κ3) is 4.31. The lowest BCUT2D eigenvalue weighted by Crippen LogP contribution is -2.35. The maximum absolute atomic E-state index is 5.51. The molecule has 0 saturated carbocycles. The molecule has 0 bridgehead atoms. The van der Waals surface area contributed by atoms with Crippen molar-refractivity contribution in [3.63, 3.8) is 0 Å². The molecular formula is C15H24N2O. The molecule has 1 heterocycles. The Morgan fingerprint density at radius 2 is 2.39 bits per heavy atom. The highest BCUT2D eigenvalue weighted by Gasteiger charge is 2.11. The quantitative estimate of drug-likeness (QED) is 0.809. The van der Waals surface area contributed by atoms with E-state index in [9.17, 15) is 0 Å². The molecule has 2 rings (SSSR count). The second-order valence-electron chi connectivity index (χ2n) is 4.92. The molecule has 0 radical (unpaired) electrons. The summed E-state index contributed by atoms with van der Waals surface area (Å²) in [6, 6.07) is 8.34. The van der Waals surface area contributed by atoms with Gasteiger partial charge in [0.15, 0.2) is 0 Å². The van der Waals surface area contributed by atoms with E-state index in [-0.39, 0.29) is 0 Å². The first kappa shape index (κ1) is 13.4. The average molecular weight is 248 g/mol. The van der Waals surface area contributed by atoms with Crippen LogP contribution in [-0.4, -0.2) is 26.2 Å². The van der Waals surface area contributed by atoms with Crippen molar-refractivity contribution in [2.24, 2.45) is 5.92 Å². The van der Waals surface area contributed by atoms with Crippen LogP contribution >= 0.6 is 0 Å². The maximum Gasteiger partial charge on any atom is 0.119 e.